The van der Waals surface area contributed by atoms with Crippen molar-refractivity contribution in [3.63, 3.8) is 0 Å². The second-order valence-corrected chi connectivity index (χ2v) is 4.78. The van der Waals surface area contributed by atoms with Crippen LogP contribution in [0, 0.1) is 0 Å². The van der Waals surface area contributed by atoms with Crippen LogP contribution in [0.1, 0.15) is 12.5 Å². The van der Waals surface area contributed by atoms with Gasteiger partial charge in [-0.15, -0.1) is 0 Å². The minimum absolute atomic E-state index is 0.00609. The van der Waals surface area contributed by atoms with Crippen molar-refractivity contribution in [3.05, 3.63) is 28.8 Å². The molecule has 1 aromatic carbocycles. The van der Waals surface area contributed by atoms with Crippen molar-refractivity contribution < 1.29 is 22.8 Å². The fraction of sp³-hybridized carbons (Fsp3) is 0.333. The molecular formula is C12H10ClF3N2O2. The highest BCUT2D eigenvalue weighted by Gasteiger charge is 2.36. The maximum atomic E-state index is 12.8. The Bertz CT molecular complexity index is 574. The Morgan fingerprint density at radius 2 is 2.00 bits per heavy atom. The van der Waals surface area contributed by atoms with Crippen molar-refractivity contribution in [2.24, 2.45) is 0 Å². The largest absolute Gasteiger partial charge is 0.417 e. The van der Waals surface area contributed by atoms with Gasteiger partial charge in [0.1, 0.15) is 12.6 Å². The average Bonchev–Trinajstić information content (AvgIpc) is 2.33. The number of nitrogens with zero attached hydrogens (tertiary/aromatic N) is 1. The molecule has 2 amide bonds. The van der Waals surface area contributed by atoms with Gasteiger partial charge in [-0.3, -0.25) is 9.59 Å². The van der Waals surface area contributed by atoms with Crippen LogP contribution in [0.4, 0.5) is 18.9 Å². The van der Waals surface area contributed by atoms with Gasteiger partial charge in [-0.2, -0.15) is 13.2 Å². The van der Waals surface area contributed by atoms with Gasteiger partial charge in [0.05, 0.1) is 10.6 Å². The first kappa shape index (κ1) is 14.6. The van der Waals surface area contributed by atoms with Crippen LogP contribution in [0.2, 0.25) is 5.02 Å². The lowest BCUT2D eigenvalue weighted by molar-refractivity contribution is -0.137. The quantitative estimate of drug-likeness (QED) is 0.865. The topological polar surface area (TPSA) is 49.4 Å². The van der Waals surface area contributed by atoms with Gasteiger partial charge in [-0.05, 0) is 25.1 Å². The lowest BCUT2D eigenvalue weighted by Gasteiger charge is -2.31. The molecule has 0 aliphatic carbocycles. The van der Waals surface area contributed by atoms with E-state index in [-0.39, 0.29) is 12.2 Å². The molecule has 1 heterocycles. The number of benzene rings is 1. The maximum Gasteiger partial charge on any atom is 0.417 e. The monoisotopic (exact) mass is 306 g/mol. The van der Waals surface area contributed by atoms with Gasteiger partial charge in [0, 0.05) is 5.69 Å². The first-order valence-electron chi connectivity index (χ1n) is 5.67. The number of nitrogens with one attached hydrogen (secondary N) is 1. The molecule has 0 bridgehead atoms. The zero-order valence-corrected chi connectivity index (χ0v) is 11.0. The normalized spacial score (nSPS) is 20.1. The van der Waals surface area contributed by atoms with E-state index in [1.807, 2.05) is 0 Å². The third-order valence-electron chi connectivity index (χ3n) is 2.88. The second kappa shape index (κ2) is 4.97. The number of carbonyl (C=O) groups is 2. The molecule has 0 saturated carbocycles. The van der Waals surface area contributed by atoms with Crippen LogP contribution in [-0.4, -0.2) is 24.4 Å². The molecule has 8 heteroatoms. The molecule has 1 aromatic rings. The summed E-state index contributed by atoms with van der Waals surface area (Å²) in [6, 6.07) is 2.33. The number of hydrogen-bond donors (Lipinski definition) is 1. The van der Waals surface area contributed by atoms with Gasteiger partial charge in [0.25, 0.3) is 0 Å². The molecule has 108 valence electrons. The van der Waals surface area contributed by atoms with E-state index in [0.29, 0.717) is 0 Å². The Hall–Kier alpha value is -1.76. The van der Waals surface area contributed by atoms with Gasteiger partial charge >= 0.3 is 6.18 Å². The lowest BCUT2D eigenvalue weighted by Crippen LogP contribution is -2.57. The summed E-state index contributed by atoms with van der Waals surface area (Å²) >= 11 is 5.51. The Morgan fingerprint density at radius 1 is 1.35 bits per heavy atom. The Labute approximate surface area is 117 Å². The fourth-order valence-electron chi connectivity index (χ4n) is 1.92. The van der Waals surface area contributed by atoms with Gasteiger partial charge in [-0.25, -0.2) is 0 Å². The van der Waals surface area contributed by atoms with E-state index >= 15 is 0 Å². The van der Waals surface area contributed by atoms with E-state index in [1.54, 1.807) is 0 Å². The van der Waals surface area contributed by atoms with E-state index in [2.05, 4.69) is 5.32 Å². The van der Waals surface area contributed by atoms with Crippen molar-refractivity contribution >= 4 is 29.1 Å². The highest BCUT2D eigenvalue weighted by Crippen LogP contribution is 2.37. The van der Waals surface area contributed by atoms with Crippen molar-refractivity contribution in [3.8, 4) is 0 Å². The Balaban J connectivity index is 2.43. The van der Waals surface area contributed by atoms with Gasteiger partial charge in [0.2, 0.25) is 11.8 Å². The predicted molar refractivity (Wildman–Crippen MR) is 66.4 cm³/mol. The van der Waals surface area contributed by atoms with Gasteiger partial charge in [-0.1, -0.05) is 11.6 Å². The molecule has 0 aromatic heterocycles. The van der Waals surface area contributed by atoms with Crippen molar-refractivity contribution in [1.82, 2.24) is 5.32 Å². The zero-order valence-electron chi connectivity index (χ0n) is 10.3. The predicted octanol–water partition coefficient (Wildman–Crippen LogP) is 2.21. The Kier molecular flexibility index (Phi) is 3.64. The highest BCUT2D eigenvalue weighted by atomic mass is 35.5. The third-order valence-corrected chi connectivity index (χ3v) is 3.21. The molecule has 1 N–H and O–H groups in total. The molecule has 1 aliphatic rings. The highest BCUT2D eigenvalue weighted by molar-refractivity contribution is 6.31. The van der Waals surface area contributed by atoms with E-state index in [9.17, 15) is 22.8 Å². The van der Waals surface area contributed by atoms with Crippen LogP contribution in [0.25, 0.3) is 0 Å². The van der Waals surface area contributed by atoms with Crippen molar-refractivity contribution in [2.45, 2.75) is 19.1 Å². The third kappa shape index (κ3) is 2.72. The average molecular weight is 307 g/mol. The SMILES string of the molecule is CC1NC(=O)CN(c2ccc(Cl)c(C(F)(F)F)c2)C1=O. The van der Waals surface area contributed by atoms with E-state index < -0.39 is 34.6 Å². The molecule has 20 heavy (non-hydrogen) atoms. The van der Waals surface area contributed by atoms with Crippen LogP contribution < -0.4 is 10.2 Å². The molecule has 1 saturated heterocycles. The number of carbonyl (C=O) groups excluding carboxylic acids is 2. The molecule has 2 rings (SSSR count). The maximum absolute atomic E-state index is 12.8. The Morgan fingerprint density at radius 3 is 2.60 bits per heavy atom. The molecule has 1 aliphatic heterocycles. The smallest absolute Gasteiger partial charge is 0.343 e. The first-order chi connectivity index (χ1) is 9.20. The summed E-state index contributed by atoms with van der Waals surface area (Å²) in [5.41, 5.74) is -1.04. The van der Waals surface area contributed by atoms with Crippen LogP contribution in [0.5, 0.6) is 0 Å². The number of piperazine rings is 1. The number of hydrogen-bond acceptors (Lipinski definition) is 2. The fourth-order valence-corrected chi connectivity index (χ4v) is 2.15. The van der Waals surface area contributed by atoms with Gasteiger partial charge < -0.3 is 10.2 Å². The number of alkyl halides is 3. The first-order valence-corrected chi connectivity index (χ1v) is 6.05. The van der Waals surface area contributed by atoms with Gasteiger partial charge in [0.15, 0.2) is 0 Å². The lowest BCUT2D eigenvalue weighted by atomic mass is 10.1. The van der Waals surface area contributed by atoms with Crippen molar-refractivity contribution in [1.29, 1.82) is 0 Å². The number of amides is 2. The molecule has 0 radical (unpaired) electrons. The number of rotatable bonds is 1. The summed E-state index contributed by atoms with van der Waals surface area (Å²) in [5.74, 6) is -0.902. The molecule has 1 atom stereocenters. The summed E-state index contributed by atoms with van der Waals surface area (Å²) in [6.07, 6.45) is -4.63. The number of halogens is 4. The van der Waals surface area contributed by atoms with E-state index in [0.717, 1.165) is 17.0 Å². The summed E-state index contributed by atoms with van der Waals surface area (Å²) in [5, 5.41) is 1.95. The van der Waals surface area contributed by atoms with Crippen LogP contribution in [0.3, 0.4) is 0 Å². The van der Waals surface area contributed by atoms with Crippen molar-refractivity contribution in [2.75, 3.05) is 11.4 Å². The van der Waals surface area contributed by atoms with Crippen LogP contribution in [0.15, 0.2) is 18.2 Å². The molecule has 0 spiro atoms. The van der Waals surface area contributed by atoms with Crippen LogP contribution in [-0.2, 0) is 15.8 Å². The standard InChI is InChI=1S/C12H10ClF3N2O2/c1-6-11(20)18(5-10(19)17-6)7-2-3-9(13)8(4-7)12(14,15)16/h2-4,6H,5H2,1H3,(H,17,19). The zero-order chi connectivity index (χ0) is 15.1. The molecule has 1 fully saturated rings. The van der Waals surface area contributed by atoms with E-state index in [1.165, 1.54) is 13.0 Å². The summed E-state index contributed by atoms with van der Waals surface area (Å²) in [7, 11) is 0. The minimum atomic E-state index is -4.63. The molecular weight excluding hydrogens is 297 g/mol. The summed E-state index contributed by atoms with van der Waals surface area (Å²) in [6.45, 7) is 1.15. The minimum Gasteiger partial charge on any atom is -0.343 e. The molecule has 4 nitrogen and oxygen atoms in total. The summed E-state index contributed by atoms with van der Waals surface area (Å²) in [4.78, 5) is 24.3. The second-order valence-electron chi connectivity index (χ2n) is 4.38. The number of anilines is 1. The molecule has 1 unspecified atom stereocenters. The van der Waals surface area contributed by atoms with Crippen LogP contribution >= 0.6 is 11.6 Å². The summed E-state index contributed by atoms with van der Waals surface area (Å²) < 4.78 is 38.3. The van der Waals surface area contributed by atoms with E-state index in [4.69, 9.17) is 11.6 Å².